The molecule has 7 aromatic carbocycles. The van der Waals surface area contributed by atoms with Gasteiger partial charge in [0.1, 0.15) is 0 Å². The Morgan fingerprint density at radius 1 is 0.460 bits per heavy atom. The summed E-state index contributed by atoms with van der Waals surface area (Å²) in [4.78, 5) is 10.7. The van der Waals surface area contributed by atoms with Crippen molar-refractivity contribution in [1.29, 1.82) is 0 Å². The molecule has 10 rings (SSSR count). The molecule has 3 heteroatoms. The second-order valence-electron chi connectivity index (χ2n) is 13.8. The zero-order chi connectivity index (χ0) is 33.4. The molecular weight excluding hydrogens is 607 g/mol. The largest absolute Gasteiger partial charge is 0.277 e. The van der Waals surface area contributed by atoms with Crippen LogP contribution in [0.3, 0.4) is 0 Å². The van der Waals surface area contributed by atoms with Crippen LogP contribution in [-0.4, -0.2) is 14.5 Å². The predicted molar refractivity (Wildman–Crippen MR) is 208 cm³/mol. The van der Waals surface area contributed by atoms with E-state index < -0.39 is 0 Å². The highest BCUT2D eigenvalue weighted by molar-refractivity contribution is 6.17. The van der Waals surface area contributed by atoms with E-state index in [0.717, 1.165) is 33.5 Å². The van der Waals surface area contributed by atoms with Crippen molar-refractivity contribution in [2.45, 2.75) is 19.3 Å². The molecule has 9 aromatic rings. The van der Waals surface area contributed by atoms with Crippen LogP contribution in [0.25, 0.3) is 83.3 Å². The van der Waals surface area contributed by atoms with E-state index in [0.29, 0.717) is 5.95 Å². The monoisotopic (exact) mass is 639 g/mol. The average Bonchev–Trinajstić information content (AvgIpc) is 3.62. The fourth-order valence-corrected chi connectivity index (χ4v) is 8.30. The van der Waals surface area contributed by atoms with E-state index in [-0.39, 0.29) is 5.41 Å². The third-order valence-corrected chi connectivity index (χ3v) is 10.6. The second-order valence-corrected chi connectivity index (χ2v) is 13.8. The van der Waals surface area contributed by atoms with Gasteiger partial charge in [0.2, 0.25) is 5.95 Å². The lowest BCUT2D eigenvalue weighted by molar-refractivity contribution is 0.662. The maximum absolute atomic E-state index is 5.37. The second kappa shape index (κ2) is 10.8. The minimum absolute atomic E-state index is 0.166. The smallest absolute Gasteiger partial charge is 0.235 e. The summed E-state index contributed by atoms with van der Waals surface area (Å²) < 4.78 is 2.32. The highest BCUT2D eigenvalue weighted by atomic mass is 15.2. The van der Waals surface area contributed by atoms with E-state index in [1.807, 2.05) is 12.1 Å². The number of nitrogens with zero attached hydrogens (tertiary/aromatic N) is 3. The first-order valence-corrected chi connectivity index (χ1v) is 17.3. The van der Waals surface area contributed by atoms with Crippen LogP contribution in [0.1, 0.15) is 25.0 Å². The lowest BCUT2D eigenvalue weighted by Gasteiger charge is -2.25. The molecule has 0 amide bonds. The molecule has 0 N–H and O–H groups in total. The topological polar surface area (TPSA) is 30.7 Å². The Bertz CT molecular complexity index is 2720. The van der Waals surface area contributed by atoms with E-state index in [2.05, 4.69) is 170 Å². The summed E-state index contributed by atoms with van der Waals surface area (Å²) in [5.41, 5.74) is 13.7. The zero-order valence-electron chi connectivity index (χ0n) is 27.9. The Balaban J connectivity index is 1.35. The van der Waals surface area contributed by atoms with Gasteiger partial charge in [-0.05, 0) is 56.8 Å². The van der Waals surface area contributed by atoms with Crippen LogP contribution in [-0.2, 0) is 5.41 Å². The lowest BCUT2D eigenvalue weighted by atomic mass is 9.78. The van der Waals surface area contributed by atoms with Crippen molar-refractivity contribution in [2.24, 2.45) is 0 Å². The molecule has 0 radical (unpaired) electrons. The van der Waals surface area contributed by atoms with Crippen molar-refractivity contribution in [2.75, 3.05) is 0 Å². The van der Waals surface area contributed by atoms with Gasteiger partial charge in [-0.1, -0.05) is 159 Å². The van der Waals surface area contributed by atoms with Gasteiger partial charge in [-0.15, -0.1) is 0 Å². The van der Waals surface area contributed by atoms with Crippen LogP contribution in [0.4, 0.5) is 0 Å². The summed E-state index contributed by atoms with van der Waals surface area (Å²) in [6, 6.07) is 58.7. The van der Waals surface area contributed by atoms with Crippen LogP contribution >= 0.6 is 0 Å². The molecule has 2 aromatic heterocycles. The molecule has 236 valence electrons. The number of para-hydroxylation sites is 1. The van der Waals surface area contributed by atoms with Gasteiger partial charge in [0, 0.05) is 32.9 Å². The predicted octanol–water partition coefficient (Wildman–Crippen LogP) is 12.0. The van der Waals surface area contributed by atoms with Crippen LogP contribution in [0.15, 0.2) is 164 Å². The van der Waals surface area contributed by atoms with Gasteiger partial charge in [0.05, 0.1) is 22.4 Å². The number of fused-ring (bicyclic) bond motifs is 7. The number of benzene rings is 7. The van der Waals surface area contributed by atoms with E-state index in [4.69, 9.17) is 9.97 Å². The lowest BCUT2D eigenvalue weighted by Crippen LogP contribution is -2.16. The molecule has 0 saturated carbocycles. The zero-order valence-corrected chi connectivity index (χ0v) is 27.9. The van der Waals surface area contributed by atoms with Gasteiger partial charge in [-0.2, -0.15) is 0 Å². The number of rotatable bonds is 4. The van der Waals surface area contributed by atoms with Crippen molar-refractivity contribution in [1.82, 2.24) is 14.5 Å². The Labute approximate surface area is 291 Å². The molecule has 2 heterocycles. The Morgan fingerprint density at radius 3 is 1.70 bits per heavy atom. The molecule has 0 atom stereocenters. The van der Waals surface area contributed by atoms with Crippen LogP contribution in [0.5, 0.6) is 0 Å². The Kier molecular flexibility index (Phi) is 6.22. The minimum atomic E-state index is -0.166. The van der Waals surface area contributed by atoms with Gasteiger partial charge in [0.15, 0.2) is 0 Å². The molecule has 1 aliphatic rings. The van der Waals surface area contributed by atoms with Crippen molar-refractivity contribution < 1.29 is 0 Å². The maximum atomic E-state index is 5.37. The first-order valence-electron chi connectivity index (χ1n) is 17.3. The van der Waals surface area contributed by atoms with Crippen molar-refractivity contribution in [3.8, 4) is 50.7 Å². The van der Waals surface area contributed by atoms with Gasteiger partial charge >= 0.3 is 0 Å². The summed E-state index contributed by atoms with van der Waals surface area (Å²) in [7, 11) is 0. The molecule has 0 aliphatic heterocycles. The van der Waals surface area contributed by atoms with Gasteiger partial charge in [-0.3, -0.25) is 4.57 Å². The first kappa shape index (κ1) is 28.7. The first-order chi connectivity index (χ1) is 24.6. The summed E-state index contributed by atoms with van der Waals surface area (Å²) >= 11 is 0. The molecule has 0 bridgehead atoms. The highest BCUT2D eigenvalue weighted by Gasteiger charge is 2.37. The van der Waals surface area contributed by atoms with Gasteiger partial charge < -0.3 is 0 Å². The third kappa shape index (κ3) is 4.23. The highest BCUT2D eigenvalue weighted by Crippen LogP contribution is 2.53. The van der Waals surface area contributed by atoms with Crippen molar-refractivity contribution >= 4 is 32.6 Å². The summed E-state index contributed by atoms with van der Waals surface area (Å²) in [5.74, 6) is 0.656. The van der Waals surface area contributed by atoms with E-state index in [1.54, 1.807) is 0 Å². The minimum Gasteiger partial charge on any atom is -0.277 e. The van der Waals surface area contributed by atoms with Crippen LogP contribution in [0.2, 0.25) is 0 Å². The van der Waals surface area contributed by atoms with E-state index in [1.165, 1.54) is 54.9 Å². The molecule has 0 unspecified atom stereocenters. The molecule has 0 saturated heterocycles. The average molecular weight is 640 g/mol. The number of hydrogen-bond acceptors (Lipinski definition) is 2. The number of hydrogen-bond donors (Lipinski definition) is 0. The Hall–Kier alpha value is -6.32. The molecular formula is C47H33N3. The Morgan fingerprint density at radius 2 is 1.00 bits per heavy atom. The quantitative estimate of drug-likeness (QED) is 0.192. The van der Waals surface area contributed by atoms with Crippen LogP contribution in [0, 0.1) is 0 Å². The van der Waals surface area contributed by atoms with Gasteiger partial charge in [0.25, 0.3) is 0 Å². The fraction of sp³-hybridized carbons (Fsp3) is 0.0638. The van der Waals surface area contributed by atoms with E-state index >= 15 is 0 Å². The summed E-state index contributed by atoms with van der Waals surface area (Å²) in [6.45, 7) is 4.73. The van der Waals surface area contributed by atoms with Crippen molar-refractivity contribution in [3.05, 3.63) is 175 Å². The maximum Gasteiger partial charge on any atom is 0.235 e. The third-order valence-electron chi connectivity index (χ3n) is 10.6. The fourth-order valence-electron chi connectivity index (χ4n) is 8.30. The van der Waals surface area contributed by atoms with Crippen LogP contribution < -0.4 is 0 Å². The summed E-state index contributed by atoms with van der Waals surface area (Å²) in [5, 5.41) is 4.77. The standard InChI is InChI=1S/C47H33N3/c1-47(2)40-26-12-11-21-34(40)35-22-13-23-36(44(35)47)37-24-14-25-38-39-27-32-19-9-10-20-33(32)28-43(39)50(45(37)38)46-48-41(30-15-5-3-6-16-30)29-42(49-46)31-17-7-4-8-18-31/h3-29H,1-2H3. The molecule has 50 heavy (non-hydrogen) atoms. The SMILES string of the molecule is CC1(C)c2ccccc2-c2cccc(-c3cccc4c5cc6ccccc6cc5n(-c5nc(-c6ccccc6)cc(-c6ccccc6)n5)c34)c21. The normalized spacial score (nSPS) is 13.2. The molecule has 1 aliphatic carbocycles. The summed E-state index contributed by atoms with van der Waals surface area (Å²) in [6.07, 6.45) is 0. The van der Waals surface area contributed by atoms with E-state index in [9.17, 15) is 0 Å². The van der Waals surface area contributed by atoms with Gasteiger partial charge in [-0.25, -0.2) is 9.97 Å². The molecule has 0 spiro atoms. The number of aromatic nitrogens is 3. The molecule has 3 nitrogen and oxygen atoms in total. The van der Waals surface area contributed by atoms with Crippen molar-refractivity contribution in [3.63, 3.8) is 0 Å². The molecule has 0 fully saturated rings.